The zero-order valence-corrected chi connectivity index (χ0v) is 19.7. The molecular formula is C24H25N5O3S. The molecule has 170 valence electrons. The summed E-state index contributed by atoms with van der Waals surface area (Å²) in [5.74, 6) is 0.654. The highest BCUT2D eigenvalue weighted by Crippen LogP contribution is 2.28. The molecule has 2 aromatic carbocycles. The second kappa shape index (κ2) is 9.21. The zero-order valence-electron chi connectivity index (χ0n) is 18.9. The predicted molar refractivity (Wildman–Crippen MR) is 126 cm³/mol. The summed E-state index contributed by atoms with van der Waals surface area (Å²) in [7, 11) is -1.46. The van der Waals surface area contributed by atoms with Crippen molar-refractivity contribution < 1.29 is 12.8 Å². The Morgan fingerprint density at radius 1 is 0.939 bits per heavy atom. The highest BCUT2D eigenvalue weighted by Gasteiger charge is 2.22. The molecule has 0 saturated heterocycles. The van der Waals surface area contributed by atoms with E-state index >= 15 is 0 Å². The molecule has 0 aliphatic rings. The summed E-state index contributed by atoms with van der Waals surface area (Å²) in [6.45, 7) is 5.91. The maximum Gasteiger partial charge on any atom is 0.268 e. The first-order chi connectivity index (χ1) is 15.8. The smallest absolute Gasteiger partial charge is 0.268 e. The summed E-state index contributed by atoms with van der Waals surface area (Å²) in [6.07, 6.45) is 3.17. The van der Waals surface area contributed by atoms with Gasteiger partial charge >= 0.3 is 0 Å². The van der Waals surface area contributed by atoms with Crippen molar-refractivity contribution in [1.29, 1.82) is 0 Å². The maximum absolute atomic E-state index is 12.6. The van der Waals surface area contributed by atoms with Crippen molar-refractivity contribution in [2.75, 3.05) is 7.05 Å². The van der Waals surface area contributed by atoms with Crippen molar-refractivity contribution >= 4 is 9.84 Å². The van der Waals surface area contributed by atoms with Gasteiger partial charge in [-0.15, -0.1) is 10.2 Å². The van der Waals surface area contributed by atoms with E-state index in [0.717, 1.165) is 23.2 Å². The van der Waals surface area contributed by atoms with Crippen LogP contribution in [0.15, 0.2) is 64.2 Å². The van der Waals surface area contributed by atoms with E-state index in [1.165, 1.54) is 0 Å². The van der Waals surface area contributed by atoms with Gasteiger partial charge in [0.1, 0.15) is 5.69 Å². The fourth-order valence-electron chi connectivity index (χ4n) is 3.40. The number of rotatable bonds is 7. The number of nitrogens with one attached hydrogen (secondary N) is 1. The Kier molecular flexibility index (Phi) is 6.35. The quantitative estimate of drug-likeness (QED) is 0.437. The van der Waals surface area contributed by atoms with E-state index in [0.29, 0.717) is 27.7 Å². The highest BCUT2D eigenvalue weighted by atomic mass is 32.2. The van der Waals surface area contributed by atoms with Gasteiger partial charge in [0.05, 0.1) is 28.2 Å². The van der Waals surface area contributed by atoms with Gasteiger partial charge in [0, 0.05) is 17.7 Å². The summed E-state index contributed by atoms with van der Waals surface area (Å²) in [5, 5.41) is 10.9. The Morgan fingerprint density at radius 3 is 2.27 bits per heavy atom. The van der Waals surface area contributed by atoms with Gasteiger partial charge in [-0.3, -0.25) is 4.98 Å². The van der Waals surface area contributed by atoms with Crippen LogP contribution in [0.5, 0.6) is 0 Å². The van der Waals surface area contributed by atoms with Crippen molar-refractivity contribution in [3.8, 4) is 34.3 Å². The Bertz CT molecular complexity index is 1380. The molecule has 4 rings (SSSR count). The molecule has 0 radical (unpaired) electrons. The van der Waals surface area contributed by atoms with E-state index in [-0.39, 0.29) is 5.89 Å². The minimum absolute atomic E-state index is 0.259. The summed E-state index contributed by atoms with van der Waals surface area (Å²) in [5.41, 5.74) is 4.41. The van der Waals surface area contributed by atoms with Crippen LogP contribution in [0.2, 0.25) is 0 Å². The Balaban J connectivity index is 1.62. The van der Waals surface area contributed by atoms with Crippen LogP contribution >= 0.6 is 0 Å². The molecule has 1 N–H and O–H groups in total. The van der Waals surface area contributed by atoms with Gasteiger partial charge in [-0.1, -0.05) is 18.2 Å². The van der Waals surface area contributed by atoms with Gasteiger partial charge < -0.3 is 9.73 Å². The number of aromatic nitrogens is 4. The van der Waals surface area contributed by atoms with Crippen LogP contribution in [0.25, 0.3) is 34.3 Å². The number of aryl methyl sites for hydroxylation is 1. The average Bonchev–Trinajstić information content (AvgIpc) is 3.30. The van der Waals surface area contributed by atoms with Gasteiger partial charge in [0.15, 0.2) is 9.84 Å². The molecule has 0 atom stereocenters. The molecule has 2 heterocycles. The molecular weight excluding hydrogens is 438 g/mol. The maximum atomic E-state index is 12.6. The van der Waals surface area contributed by atoms with E-state index in [4.69, 9.17) is 4.42 Å². The lowest BCUT2D eigenvalue weighted by molar-refractivity contribution is 0.581. The van der Waals surface area contributed by atoms with Crippen molar-refractivity contribution in [1.82, 2.24) is 25.5 Å². The number of hydrogen-bond donors (Lipinski definition) is 1. The van der Waals surface area contributed by atoms with Crippen LogP contribution in [-0.2, 0) is 16.4 Å². The van der Waals surface area contributed by atoms with Crippen LogP contribution in [0.4, 0.5) is 0 Å². The number of sulfone groups is 1. The zero-order chi connectivity index (χ0) is 23.6. The second-order valence-corrected chi connectivity index (χ2v) is 10.5. The highest BCUT2D eigenvalue weighted by molar-refractivity contribution is 7.92. The van der Waals surface area contributed by atoms with E-state index in [1.54, 1.807) is 51.4 Å². The van der Waals surface area contributed by atoms with Gasteiger partial charge in [-0.05, 0) is 63.2 Å². The third kappa shape index (κ3) is 4.69. The van der Waals surface area contributed by atoms with Gasteiger partial charge in [-0.2, -0.15) is 0 Å². The van der Waals surface area contributed by atoms with Crippen LogP contribution in [-0.4, -0.2) is 40.9 Å². The van der Waals surface area contributed by atoms with Gasteiger partial charge in [-0.25, -0.2) is 13.4 Å². The van der Waals surface area contributed by atoms with Gasteiger partial charge in [0.2, 0.25) is 5.89 Å². The molecule has 0 fully saturated rings. The molecule has 8 nitrogen and oxygen atoms in total. The molecule has 0 aliphatic heterocycles. The summed E-state index contributed by atoms with van der Waals surface area (Å²) in [6, 6.07) is 13.0. The van der Waals surface area contributed by atoms with Crippen molar-refractivity contribution in [2.24, 2.45) is 0 Å². The molecule has 0 bridgehead atoms. The minimum Gasteiger partial charge on any atom is -0.415 e. The standard InChI is InChI=1S/C24H25N5O3S/c1-15(2)33(30,31)22-10-9-19(11-16(22)3)20-13-26-14-21(27-20)24-29-28-23(32-24)18-7-5-17(6-8-18)12-25-4/h5-11,13-15,25H,12H2,1-4H3. The van der Waals surface area contributed by atoms with Crippen molar-refractivity contribution in [3.05, 3.63) is 66.0 Å². The van der Waals surface area contributed by atoms with Gasteiger partial charge in [0.25, 0.3) is 5.89 Å². The summed E-state index contributed by atoms with van der Waals surface area (Å²) in [4.78, 5) is 9.20. The monoisotopic (exact) mass is 463 g/mol. The fraction of sp³-hybridized carbons (Fsp3) is 0.250. The number of nitrogens with zero attached hydrogens (tertiary/aromatic N) is 4. The second-order valence-electron chi connectivity index (χ2n) is 8.00. The molecule has 0 aliphatic carbocycles. The Labute approximate surface area is 193 Å². The first kappa shape index (κ1) is 22.8. The lowest BCUT2D eigenvalue weighted by Crippen LogP contribution is -2.15. The van der Waals surface area contributed by atoms with Crippen LogP contribution in [0.3, 0.4) is 0 Å². The fourth-order valence-corrected chi connectivity index (χ4v) is 4.68. The molecule has 33 heavy (non-hydrogen) atoms. The topological polar surface area (TPSA) is 111 Å². The average molecular weight is 464 g/mol. The molecule has 2 aromatic heterocycles. The SMILES string of the molecule is CNCc1ccc(-c2nnc(-c3cncc(-c4ccc(S(=O)(=O)C(C)C)c(C)c4)n3)o2)cc1. The molecule has 0 saturated carbocycles. The first-order valence-corrected chi connectivity index (χ1v) is 12.1. The largest absolute Gasteiger partial charge is 0.415 e. The van der Waals surface area contributed by atoms with Crippen LogP contribution < -0.4 is 5.32 Å². The normalized spacial score (nSPS) is 11.8. The van der Waals surface area contributed by atoms with Crippen molar-refractivity contribution in [3.63, 3.8) is 0 Å². The van der Waals surface area contributed by atoms with E-state index in [9.17, 15) is 8.42 Å². The molecule has 0 spiro atoms. The lowest BCUT2D eigenvalue weighted by Gasteiger charge is -2.12. The Hall–Kier alpha value is -3.43. The van der Waals surface area contributed by atoms with E-state index in [2.05, 4.69) is 25.5 Å². The Morgan fingerprint density at radius 2 is 1.61 bits per heavy atom. The number of hydrogen-bond acceptors (Lipinski definition) is 8. The lowest BCUT2D eigenvalue weighted by atomic mass is 10.1. The molecule has 0 unspecified atom stereocenters. The van der Waals surface area contributed by atoms with Crippen molar-refractivity contribution in [2.45, 2.75) is 37.5 Å². The third-order valence-corrected chi connectivity index (χ3v) is 7.57. The molecule has 4 aromatic rings. The number of benzene rings is 2. The van der Waals surface area contributed by atoms with Crippen LogP contribution in [0, 0.1) is 6.92 Å². The van der Waals surface area contributed by atoms with E-state index < -0.39 is 15.1 Å². The summed E-state index contributed by atoms with van der Waals surface area (Å²) < 4.78 is 30.9. The molecule has 0 amide bonds. The van der Waals surface area contributed by atoms with Crippen LogP contribution in [0.1, 0.15) is 25.0 Å². The van der Waals surface area contributed by atoms with E-state index in [1.807, 2.05) is 31.3 Å². The first-order valence-electron chi connectivity index (χ1n) is 10.5. The molecule has 9 heteroatoms. The minimum atomic E-state index is -3.36. The third-order valence-electron chi connectivity index (χ3n) is 5.26. The predicted octanol–water partition coefficient (Wildman–Crippen LogP) is 4.07. The summed E-state index contributed by atoms with van der Waals surface area (Å²) >= 11 is 0.